The zero-order valence-electron chi connectivity index (χ0n) is 13.5. The van der Waals surface area contributed by atoms with Crippen LogP contribution in [0.15, 0.2) is 66.1 Å². The SMILES string of the molecule is O=S(=O)(C=Cc1ccccc1)NCCC1=CCCc2ccccc21. The van der Waals surface area contributed by atoms with Crippen LogP contribution in [-0.4, -0.2) is 15.0 Å². The Hall–Kier alpha value is -2.17. The van der Waals surface area contributed by atoms with Crippen molar-refractivity contribution in [1.82, 2.24) is 4.72 Å². The lowest BCUT2D eigenvalue weighted by Gasteiger charge is -2.17. The Morgan fingerprint density at radius 3 is 2.58 bits per heavy atom. The van der Waals surface area contributed by atoms with Gasteiger partial charge in [-0.15, -0.1) is 0 Å². The summed E-state index contributed by atoms with van der Waals surface area (Å²) in [6, 6.07) is 17.8. The second-order valence-electron chi connectivity index (χ2n) is 5.83. The zero-order chi connectivity index (χ0) is 16.8. The molecule has 1 aliphatic carbocycles. The summed E-state index contributed by atoms with van der Waals surface area (Å²) in [6.45, 7) is 0.404. The van der Waals surface area contributed by atoms with Crippen LogP contribution < -0.4 is 4.72 Å². The van der Waals surface area contributed by atoms with Gasteiger partial charge < -0.3 is 0 Å². The Morgan fingerprint density at radius 2 is 1.75 bits per heavy atom. The van der Waals surface area contributed by atoms with Crippen LogP contribution in [0, 0.1) is 0 Å². The third-order valence-electron chi connectivity index (χ3n) is 4.10. The lowest BCUT2D eigenvalue weighted by molar-refractivity contribution is 0.592. The number of hydrogen-bond acceptors (Lipinski definition) is 2. The topological polar surface area (TPSA) is 46.2 Å². The van der Waals surface area contributed by atoms with Gasteiger partial charge >= 0.3 is 0 Å². The molecule has 0 saturated carbocycles. The van der Waals surface area contributed by atoms with Gasteiger partial charge in [0.05, 0.1) is 0 Å². The highest BCUT2D eigenvalue weighted by Crippen LogP contribution is 2.28. The van der Waals surface area contributed by atoms with Crippen molar-refractivity contribution in [1.29, 1.82) is 0 Å². The number of hydrogen-bond donors (Lipinski definition) is 1. The maximum absolute atomic E-state index is 12.1. The van der Waals surface area contributed by atoms with E-state index in [0.717, 1.165) is 18.4 Å². The Labute approximate surface area is 143 Å². The van der Waals surface area contributed by atoms with E-state index < -0.39 is 10.0 Å². The van der Waals surface area contributed by atoms with Crippen molar-refractivity contribution >= 4 is 21.7 Å². The standard InChI is InChI=1S/C20H21NO2S/c22-24(23,16-14-17-7-2-1-3-8-17)21-15-13-19-11-6-10-18-9-4-5-12-20(18)19/h1-5,7-9,11-12,14,16,21H,6,10,13,15H2. The average molecular weight is 339 g/mol. The molecule has 0 aliphatic heterocycles. The van der Waals surface area contributed by atoms with Crippen LogP contribution in [0.25, 0.3) is 11.6 Å². The van der Waals surface area contributed by atoms with Crippen molar-refractivity contribution in [3.05, 3.63) is 82.8 Å². The molecule has 0 fully saturated rings. The second-order valence-corrected chi connectivity index (χ2v) is 7.48. The van der Waals surface area contributed by atoms with E-state index in [9.17, 15) is 8.42 Å². The van der Waals surface area contributed by atoms with Crippen molar-refractivity contribution in [2.45, 2.75) is 19.3 Å². The Bertz CT molecular complexity index is 852. The van der Waals surface area contributed by atoms with Gasteiger partial charge in [-0.1, -0.05) is 60.7 Å². The molecule has 2 aromatic carbocycles. The summed E-state index contributed by atoms with van der Waals surface area (Å²) in [5.74, 6) is 0. The highest BCUT2D eigenvalue weighted by molar-refractivity contribution is 7.92. The lowest BCUT2D eigenvalue weighted by Crippen LogP contribution is -2.22. The van der Waals surface area contributed by atoms with Gasteiger partial charge in [0.2, 0.25) is 10.0 Å². The summed E-state index contributed by atoms with van der Waals surface area (Å²) < 4.78 is 26.8. The Morgan fingerprint density at radius 1 is 1.00 bits per heavy atom. The van der Waals surface area contributed by atoms with E-state index in [2.05, 4.69) is 29.0 Å². The molecule has 1 N–H and O–H groups in total. The summed E-state index contributed by atoms with van der Waals surface area (Å²) in [5.41, 5.74) is 4.70. The predicted molar refractivity (Wildman–Crippen MR) is 99.8 cm³/mol. The maximum Gasteiger partial charge on any atom is 0.233 e. The highest BCUT2D eigenvalue weighted by atomic mass is 32.2. The van der Waals surface area contributed by atoms with Crippen LogP contribution >= 0.6 is 0 Å². The minimum absolute atomic E-state index is 0.404. The van der Waals surface area contributed by atoms with E-state index in [1.807, 2.05) is 36.4 Å². The van der Waals surface area contributed by atoms with Crippen LogP contribution in [0.4, 0.5) is 0 Å². The fourth-order valence-electron chi connectivity index (χ4n) is 2.91. The first-order valence-electron chi connectivity index (χ1n) is 8.14. The molecular formula is C20H21NO2S. The molecular weight excluding hydrogens is 318 g/mol. The van der Waals surface area contributed by atoms with Gasteiger partial charge in [-0.2, -0.15) is 0 Å². The fourth-order valence-corrected chi connectivity index (χ4v) is 3.73. The molecule has 1 aliphatic rings. The average Bonchev–Trinajstić information content (AvgIpc) is 2.61. The number of fused-ring (bicyclic) bond motifs is 1. The van der Waals surface area contributed by atoms with E-state index in [4.69, 9.17) is 0 Å². The van der Waals surface area contributed by atoms with Crippen molar-refractivity contribution in [2.24, 2.45) is 0 Å². The van der Waals surface area contributed by atoms with Crippen LogP contribution in [0.3, 0.4) is 0 Å². The number of aryl methyl sites for hydroxylation is 1. The van der Waals surface area contributed by atoms with Gasteiger partial charge in [-0.3, -0.25) is 0 Å². The Balaban J connectivity index is 1.58. The van der Waals surface area contributed by atoms with E-state index in [0.29, 0.717) is 13.0 Å². The van der Waals surface area contributed by atoms with E-state index >= 15 is 0 Å². The van der Waals surface area contributed by atoms with E-state index in [-0.39, 0.29) is 0 Å². The third-order valence-corrected chi connectivity index (χ3v) is 5.21. The van der Waals surface area contributed by atoms with Crippen LogP contribution in [0.1, 0.15) is 29.5 Å². The molecule has 4 heteroatoms. The Kier molecular flexibility index (Phi) is 5.28. The van der Waals surface area contributed by atoms with Crippen molar-refractivity contribution in [3.8, 4) is 0 Å². The lowest BCUT2D eigenvalue weighted by atomic mass is 9.89. The van der Waals surface area contributed by atoms with Crippen LogP contribution in [0.5, 0.6) is 0 Å². The zero-order valence-corrected chi connectivity index (χ0v) is 14.3. The highest BCUT2D eigenvalue weighted by Gasteiger charge is 2.12. The molecule has 0 unspecified atom stereocenters. The van der Waals surface area contributed by atoms with E-state index in [1.165, 1.54) is 22.1 Å². The first-order chi connectivity index (χ1) is 11.6. The van der Waals surface area contributed by atoms with Crippen LogP contribution in [-0.2, 0) is 16.4 Å². The first kappa shape index (κ1) is 16.7. The van der Waals surface area contributed by atoms with E-state index in [1.54, 1.807) is 6.08 Å². The summed E-state index contributed by atoms with van der Waals surface area (Å²) in [7, 11) is -3.42. The molecule has 0 heterocycles. The second kappa shape index (κ2) is 7.60. The number of sulfonamides is 1. The number of nitrogens with one attached hydrogen (secondary N) is 1. The molecule has 0 radical (unpaired) electrons. The van der Waals surface area contributed by atoms with Gasteiger partial charge in [0.25, 0.3) is 0 Å². The largest absolute Gasteiger partial charge is 0.233 e. The first-order valence-corrected chi connectivity index (χ1v) is 9.69. The predicted octanol–water partition coefficient (Wildman–Crippen LogP) is 4.00. The molecule has 2 aromatic rings. The van der Waals surface area contributed by atoms with Gasteiger partial charge in [0.1, 0.15) is 0 Å². The number of rotatable bonds is 6. The number of allylic oxidation sites excluding steroid dienone is 1. The van der Waals surface area contributed by atoms with Crippen LogP contribution in [0.2, 0.25) is 0 Å². The molecule has 0 saturated heterocycles. The maximum atomic E-state index is 12.1. The summed E-state index contributed by atoms with van der Waals surface area (Å²) in [6.07, 6.45) is 6.61. The molecule has 0 atom stereocenters. The van der Waals surface area contributed by atoms with Crippen molar-refractivity contribution in [2.75, 3.05) is 6.54 Å². The fraction of sp³-hybridized carbons (Fsp3) is 0.200. The normalized spacial score (nSPS) is 14.4. The molecule has 3 rings (SSSR count). The minimum Gasteiger partial charge on any atom is -0.211 e. The smallest absolute Gasteiger partial charge is 0.211 e. The summed E-state index contributed by atoms with van der Waals surface area (Å²) >= 11 is 0. The monoisotopic (exact) mass is 339 g/mol. The quantitative estimate of drug-likeness (QED) is 0.865. The molecule has 0 spiro atoms. The van der Waals surface area contributed by atoms with Gasteiger partial charge in [0, 0.05) is 12.0 Å². The summed E-state index contributed by atoms with van der Waals surface area (Å²) in [4.78, 5) is 0. The third kappa shape index (κ3) is 4.43. The molecule has 24 heavy (non-hydrogen) atoms. The summed E-state index contributed by atoms with van der Waals surface area (Å²) in [5, 5.41) is 1.23. The van der Waals surface area contributed by atoms with Crippen molar-refractivity contribution < 1.29 is 8.42 Å². The molecule has 0 bridgehead atoms. The molecule has 0 aromatic heterocycles. The van der Waals surface area contributed by atoms with Gasteiger partial charge in [0.15, 0.2) is 0 Å². The van der Waals surface area contributed by atoms with Gasteiger partial charge in [-0.05, 0) is 47.6 Å². The van der Waals surface area contributed by atoms with Crippen molar-refractivity contribution in [3.63, 3.8) is 0 Å². The van der Waals surface area contributed by atoms with Gasteiger partial charge in [-0.25, -0.2) is 13.1 Å². The number of benzene rings is 2. The minimum atomic E-state index is -3.42. The molecule has 124 valence electrons. The molecule has 0 amide bonds. The molecule has 3 nitrogen and oxygen atoms in total.